The van der Waals surface area contributed by atoms with Crippen LogP contribution in [0.3, 0.4) is 0 Å². The lowest BCUT2D eigenvalue weighted by atomic mass is 9.83. The van der Waals surface area contributed by atoms with E-state index in [1.54, 1.807) is 0 Å². The predicted octanol–water partition coefficient (Wildman–Crippen LogP) is 1.75. The highest BCUT2D eigenvalue weighted by Gasteiger charge is 2.52. The molecule has 0 atom stereocenters. The molecule has 2 heterocycles. The molecule has 1 aliphatic heterocycles. The summed E-state index contributed by atoms with van der Waals surface area (Å²) in [6.07, 6.45) is 0. The summed E-state index contributed by atoms with van der Waals surface area (Å²) in [6.45, 7) is 11.1. The summed E-state index contributed by atoms with van der Waals surface area (Å²) in [5.74, 6) is 0. The van der Waals surface area contributed by atoms with Crippen LogP contribution in [0.15, 0.2) is 12.1 Å². The maximum Gasteiger partial charge on any atom is 0.514 e. The van der Waals surface area contributed by atoms with Crippen LogP contribution in [-0.4, -0.2) is 42.3 Å². The van der Waals surface area contributed by atoms with Crippen molar-refractivity contribution < 1.29 is 9.31 Å². The van der Waals surface area contributed by atoms with E-state index >= 15 is 0 Å². The second-order valence-electron chi connectivity index (χ2n) is 6.83. The number of pyridine rings is 1. The number of aryl methyl sites for hydroxylation is 1. The molecular formula is C15H25BN2O2. The van der Waals surface area contributed by atoms with Gasteiger partial charge in [0.1, 0.15) is 0 Å². The zero-order chi connectivity index (χ0) is 15.1. The minimum absolute atomic E-state index is 0.327. The zero-order valence-electron chi connectivity index (χ0n) is 13.7. The molecule has 2 rings (SSSR count). The van der Waals surface area contributed by atoms with Crippen LogP contribution in [0.25, 0.3) is 0 Å². The van der Waals surface area contributed by atoms with Gasteiger partial charge in [-0.2, -0.15) is 0 Å². The molecule has 0 unspecified atom stereocenters. The van der Waals surface area contributed by atoms with Crippen molar-refractivity contribution in [2.45, 2.75) is 52.4 Å². The third kappa shape index (κ3) is 2.90. The van der Waals surface area contributed by atoms with E-state index < -0.39 is 0 Å². The summed E-state index contributed by atoms with van der Waals surface area (Å²) in [7, 11) is 3.70. The SMILES string of the molecule is Cc1ccc(B2OC(C)(C)C(C)(C)O2)nc1CN(C)C. The first kappa shape index (κ1) is 15.5. The van der Waals surface area contributed by atoms with Gasteiger partial charge in [0.15, 0.2) is 0 Å². The Labute approximate surface area is 122 Å². The first-order valence-electron chi connectivity index (χ1n) is 7.09. The van der Waals surface area contributed by atoms with Gasteiger partial charge in [-0.05, 0) is 60.3 Å². The summed E-state index contributed by atoms with van der Waals surface area (Å²) in [5.41, 5.74) is 2.46. The minimum atomic E-state index is -0.387. The van der Waals surface area contributed by atoms with Crippen molar-refractivity contribution in [3.05, 3.63) is 23.4 Å². The summed E-state index contributed by atoms with van der Waals surface area (Å²) in [4.78, 5) is 6.85. The van der Waals surface area contributed by atoms with Crippen LogP contribution < -0.4 is 5.59 Å². The van der Waals surface area contributed by atoms with Gasteiger partial charge in [0.05, 0.1) is 22.5 Å². The van der Waals surface area contributed by atoms with E-state index in [1.165, 1.54) is 5.56 Å². The second kappa shape index (κ2) is 5.13. The number of aromatic nitrogens is 1. The summed E-state index contributed by atoms with van der Waals surface area (Å²) >= 11 is 0. The zero-order valence-corrected chi connectivity index (χ0v) is 13.7. The van der Waals surface area contributed by atoms with Crippen molar-refractivity contribution >= 4 is 12.7 Å². The lowest BCUT2D eigenvalue weighted by molar-refractivity contribution is 0.00578. The molecule has 0 aliphatic carbocycles. The fourth-order valence-electron chi connectivity index (χ4n) is 2.14. The molecule has 5 heteroatoms. The standard InChI is InChI=1S/C15H25BN2O2/c1-11-8-9-13(17-12(11)10-18(6)7)16-19-14(2,3)15(4,5)20-16/h8-9H,10H2,1-7H3. The van der Waals surface area contributed by atoms with Crippen LogP contribution in [0.4, 0.5) is 0 Å². The van der Waals surface area contributed by atoms with Crippen molar-refractivity contribution in [1.82, 2.24) is 9.88 Å². The highest BCUT2D eigenvalue weighted by molar-refractivity contribution is 6.61. The van der Waals surface area contributed by atoms with Gasteiger partial charge < -0.3 is 14.2 Å². The molecule has 0 saturated carbocycles. The molecule has 0 bridgehead atoms. The predicted molar refractivity (Wildman–Crippen MR) is 82.1 cm³/mol. The normalized spacial score (nSPS) is 20.7. The topological polar surface area (TPSA) is 34.6 Å². The minimum Gasteiger partial charge on any atom is -0.398 e. The van der Waals surface area contributed by atoms with Gasteiger partial charge >= 0.3 is 7.12 Å². The van der Waals surface area contributed by atoms with Crippen molar-refractivity contribution in [2.24, 2.45) is 0 Å². The molecule has 110 valence electrons. The van der Waals surface area contributed by atoms with Gasteiger partial charge in [-0.3, -0.25) is 4.98 Å². The van der Waals surface area contributed by atoms with Crippen LogP contribution >= 0.6 is 0 Å². The quantitative estimate of drug-likeness (QED) is 0.788. The average molecular weight is 276 g/mol. The van der Waals surface area contributed by atoms with E-state index in [2.05, 4.69) is 45.6 Å². The Morgan fingerprint density at radius 2 is 1.65 bits per heavy atom. The Morgan fingerprint density at radius 3 is 2.15 bits per heavy atom. The van der Waals surface area contributed by atoms with Crippen molar-refractivity contribution in [2.75, 3.05) is 14.1 Å². The van der Waals surface area contributed by atoms with Crippen LogP contribution in [0, 0.1) is 6.92 Å². The molecule has 1 fully saturated rings. The Bertz CT molecular complexity index is 485. The Hall–Kier alpha value is -0.905. The van der Waals surface area contributed by atoms with Crippen LogP contribution in [0.1, 0.15) is 39.0 Å². The van der Waals surface area contributed by atoms with E-state index in [-0.39, 0.29) is 18.3 Å². The van der Waals surface area contributed by atoms with E-state index in [4.69, 9.17) is 14.3 Å². The molecule has 20 heavy (non-hydrogen) atoms. The van der Waals surface area contributed by atoms with Gasteiger partial charge in [-0.1, -0.05) is 6.07 Å². The number of rotatable bonds is 3. The monoisotopic (exact) mass is 276 g/mol. The average Bonchev–Trinajstić information content (AvgIpc) is 2.50. The summed E-state index contributed by atoms with van der Waals surface area (Å²) in [5, 5.41) is 0. The third-order valence-electron chi connectivity index (χ3n) is 4.18. The fourth-order valence-corrected chi connectivity index (χ4v) is 2.14. The van der Waals surface area contributed by atoms with Gasteiger partial charge in [-0.25, -0.2) is 0 Å². The van der Waals surface area contributed by atoms with E-state index in [1.807, 2.05) is 20.2 Å². The molecule has 4 nitrogen and oxygen atoms in total. The molecule has 1 aliphatic rings. The largest absolute Gasteiger partial charge is 0.514 e. The highest BCUT2D eigenvalue weighted by Crippen LogP contribution is 2.36. The van der Waals surface area contributed by atoms with E-state index in [0.29, 0.717) is 0 Å². The summed E-state index contributed by atoms with van der Waals surface area (Å²) < 4.78 is 12.1. The van der Waals surface area contributed by atoms with E-state index in [0.717, 1.165) is 17.8 Å². The van der Waals surface area contributed by atoms with Crippen molar-refractivity contribution in [3.8, 4) is 0 Å². The molecule has 0 spiro atoms. The van der Waals surface area contributed by atoms with Crippen LogP contribution in [-0.2, 0) is 15.9 Å². The van der Waals surface area contributed by atoms with Gasteiger partial charge in [0.25, 0.3) is 0 Å². The molecule has 0 aromatic carbocycles. The first-order valence-corrected chi connectivity index (χ1v) is 7.09. The maximum absolute atomic E-state index is 6.05. The third-order valence-corrected chi connectivity index (χ3v) is 4.18. The number of hydrogen-bond donors (Lipinski definition) is 0. The van der Waals surface area contributed by atoms with Gasteiger partial charge in [0, 0.05) is 6.54 Å². The number of nitrogens with zero attached hydrogens (tertiary/aromatic N) is 2. The van der Waals surface area contributed by atoms with Gasteiger partial charge in [0.2, 0.25) is 0 Å². The summed E-state index contributed by atoms with van der Waals surface area (Å²) in [6, 6.07) is 4.09. The smallest absolute Gasteiger partial charge is 0.398 e. The highest BCUT2D eigenvalue weighted by atomic mass is 16.7. The van der Waals surface area contributed by atoms with Crippen molar-refractivity contribution in [1.29, 1.82) is 0 Å². The molecule has 1 aromatic rings. The molecule has 0 amide bonds. The Balaban J connectivity index is 2.27. The van der Waals surface area contributed by atoms with E-state index in [9.17, 15) is 0 Å². The Kier molecular flexibility index (Phi) is 3.97. The lowest BCUT2D eigenvalue weighted by Gasteiger charge is -2.32. The maximum atomic E-state index is 6.05. The van der Waals surface area contributed by atoms with Gasteiger partial charge in [-0.15, -0.1) is 0 Å². The Morgan fingerprint density at radius 1 is 1.10 bits per heavy atom. The molecule has 0 N–H and O–H groups in total. The molecule has 0 radical (unpaired) electrons. The second-order valence-corrected chi connectivity index (χ2v) is 6.83. The van der Waals surface area contributed by atoms with Crippen molar-refractivity contribution in [3.63, 3.8) is 0 Å². The molecule has 1 aromatic heterocycles. The first-order chi connectivity index (χ1) is 9.12. The molecular weight excluding hydrogens is 251 g/mol. The number of hydrogen-bond acceptors (Lipinski definition) is 4. The fraction of sp³-hybridized carbons (Fsp3) is 0.667. The molecule has 1 saturated heterocycles. The lowest BCUT2D eigenvalue weighted by Crippen LogP contribution is -2.41. The van der Waals surface area contributed by atoms with Crippen LogP contribution in [0.5, 0.6) is 0 Å². The van der Waals surface area contributed by atoms with Crippen LogP contribution in [0.2, 0.25) is 0 Å².